The highest BCUT2D eigenvalue weighted by Crippen LogP contribution is 2.30. The third-order valence-electron chi connectivity index (χ3n) is 5.83. The van der Waals surface area contributed by atoms with Gasteiger partial charge < -0.3 is 19.3 Å². The number of hydrogen-bond donors (Lipinski definition) is 2. The minimum Gasteiger partial charge on any atom is -0.465 e. The minimum absolute atomic E-state index is 0.0384. The number of sulfonamides is 1. The van der Waals surface area contributed by atoms with Gasteiger partial charge in [0.2, 0.25) is 0 Å². The van der Waals surface area contributed by atoms with Crippen molar-refractivity contribution in [1.29, 1.82) is 0 Å². The second-order valence-electron chi connectivity index (χ2n) is 10.3. The highest BCUT2D eigenvalue weighted by molar-refractivity contribution is 7.92. The number of fused-ring (bicyclic) bond motifs is 1. The molecule has 0 aliphatic heterocycles. The fourth-order valence-electron chi connectivity index (χ4n) is 4.08. The molecule has 2 heterocycles. The van der Waals surface area contributed by atoms with Crippen LogP contribution < -0.4 is 10.0 Å². The van der Waals surface area contributed by atoms with Crippen molar-refractivity contribution < 1.29 is 32.0 Å². The Morgan fingerprint density at radius 3 is 2.52 bits per heavy atom. The molecule has 0 aliphatic carbocycles. The number of alkyl carbamates (subject to hydrolysis) is 1. The van der Waals surface area contributed by atoms with Crippen molar-refractivity contribution in [3.63, 3.8) is 0 Å². The van der Waals surface area contributed by atoms with Crippen LogP contribution in [0.25, 0.3) is 11.0 Å². The number of aryl methyl sites for hydroxylation is 2. The summed E-state index contributed by atoms with van der Waals surface area (Å²) >= 11 is 0. The maximum atomic E-state index is 13.2. The van der Waals surface area contributed by atoms with E-state index in [2.05, 4.69) is 20.3 Å². The summed E-state index contributed by atoms with van der Waals surface area (Å²) < 4.78 is 46.1. The Hall–Kier alpha value is -4.39. The van der Waals surface area contributed by atoms with Gasteiger partial charge in [0, 0.05) is 18.3 Å². The Balaban J connectivity index is 1.50. The minimum atomic E-state index is -4.10. The summed E-state index contributed by atoms with van der Waals surface area (Å²) in [5.74, 6) is -0.605. The third-order valence-corrected chi connectivity index (χ3v) is 7.31. The summed E-state index contributed by atoms with van der Waals surface area (Å²) in [6.45, 7) is 9.50. The van der Waals surface area contributed by atoms with Gasteiger partial charge >= 0.3 is 12.1 Å². The molecule has 2 N–H and O–H groups in total. The normalized spacial score (nSPS) is 11.8. The zero-order valence-electron chi connectivity index (χ0n) is 23.1. The maximum absolute atomic E-state index is 13.2. The van der Waals surface area contributed by atoms with Gasteiger partial charge in [-0.25, -0.2) is 18.0 Å². The molecular formula is C27H31N5O7S. The average molecular weight is 570 g/mol. The molecule has 0 bridgehead atoms. The number of amides is 1. The van der Waals surface area contributed by atoms with E-state index in [4.69, 9.17) is 14.0 Å². The molecule has 40 heavy (non-hydrogen) atoms. The van der Waals surface area contributed by atoms with E-state index in [1.807, 2.05) is 19.2 Å². The zero-order chi connectivity index (χ0) is 29.2. The van der Waals surface area contributed by atoms with Crippen LogP contribution in [0.2, 0.25) is 0 Å². The molecule has 13 heteroatoms. The molecule has 0 spiro atoms. The highest BCUT2D eigenvalue weighted by atomic mass is 32.2. The second-order valence-corrected chi connectivity index (χ2v) is 11.9. The Kier molecular flexibility index (Phi) is 7.87. The molecule has 0 saturated heterocycles. The molecule has 0 radical (unpaired) electrons. The lowest BCUT2D eigenvalue weighted by Crippen LogP contribution is -2.32. The lowest BCUT2D eigenvalue weighted by Gasteiger charge is -2.19. The lowest BCUT2D eigenvalue weighted by molar-refractivity contribution is 0.0522. The first kappa shape index (κ1) is 28.6. The number of carbonyl (C=O) groups is 2. The first-order valence-electron chi connectivity index (χ1n) is 12.3. The van der Waals surface area contributed by atoms with Crippen molar-refractivity contribution in [2.45, 2.75) is 58.2 Å². The van der Waals surface area contributed by atoms with Gasteiger partial charge in [0.25, 0.3) is 10.0 Å². The zero-order valence-corrected chi connectivity index (χ0v) is 23.9. The summed E-state index contributed by atoms with van der Waals surface area (Å²) in [4.78, 5) is 23.7. The molecular weight excluding hydrogens is 538 g/mol. The van der Waals surface area contributed by atoms with Gasteiger partial charge in [-0.1, -0.05) is 17.3 Å². The van der Waals surface area contributed by atoms with Crippen LogP contribution in [0.4, 0.5) is 10.6 Å². The molecule has 212 valence electrons. The fraction of sp³-hybridized carbons (Fsp3) is 0.333. The third kappa shape index (κ3) is 6.60. The molecule has 2 aromatic heterocycles. The van der Waals surface area contributed by atoms with Crippen LogP contribution in [-0.2, 0) is 32.6 Å². The molecule has 0 atom stereocenters. The van der Waals surface area contributed by atoms with Gasteiger partial charge in [-0.3, -0.25) is 9.40 Å². The number of carbonyl (C=O) groups excluding carboxylic acids is 2. The molecule has 12 nitrogen and oxygen atoms in total. The number of nitrogens with one attached hydrogen (secondary N) is 2. The molecule has 0 saturated carbocycles. The number of anilines is 1. The molecule has 1 amide bonds. The first-order chi connectivity index (χ1) is 18.8. The number of benzene rings is 2. The fourth-order valence-corrected chi connectivity index (χ4v) is 5.36. The molecule has 2 aromatic carbocycles. The van der Waals surface area contributed by atoms with Crippen molar-refractivity contribution in [2.24, 2.45) is 0 Å². The van der Waals surface area contributed by atoms with Gasteiger partial charge in [-0.2, -0.15) is 5.10 Å². The van der Waals surface area contributed by atoms with Crippen molar-refractivity contribution in [2.75, 3.05) is 11.8 Å². The van der Waals surface area contributed by atoms with E-state index in [9.17, 15) is 18.0 Å². The van der Waals surface area contributed by atoms with Crippen LogP contribution >= 0.6 is 0 Å². The number of hydrogen-bond acceptors (Lipinski definition) is 9. The Morgan fingerprint density at radius 2 is 1.82 bits per heavy atom. The molecule has 4 rings (SSSR count). The van der Waals surface area contributed by atoms with E-state index in [0.29, 0.717) is 23.1 Å². The largest absolute Gasteiger partial charge is 0.465 e. The topological polar surface area (TPSA) is 155 Å². The van der Waals surface area contributed by atoms with E-state index in [1.54, 1.807) is 44.6 Å². The van der Waals surface area contributed by atoms with Gasteiger partial charge in [-0.15, -0.1) is 0 Å². The van der Waals surface area contributed by atoms with Crippen molar-refractivity contribution in [3.05, 3.63) is 70.5 Å². The number of aromatic nitrogens is 3. The van der Waals surface area contributed by atoms with Crippen LogP contribution in [0.3, 0.4) is 0 Å². The lowest BCUT2D eigenvalue weighted by atomic mass is 10.1. The summed E-state index contributed by atoms with van der Waals surface area (Å²) in [6, 6.07) is 7.94. The van der Waals surface area contributed by atoms with Crippen LogP contribution in [0.15, 0.2) is 52.1 Å². The molecule has 0 unspecified atom stereocenters. The van der Waals surface area contributed by atoms with Crippen molar-refractivity contribution in [1.82, 2.24) is 20.3 Å². The summed E-state index contributed by atoms with van der Waals surface area (Å²) in [6.07, 6.45) is 2.95. The Labute approximate surface area is 231 Å². The highest BCUT2D eigenvalue weighted by Gasteiger charge is 2.23. The number of nitrogens with zero attached hydrogens (tertiary/aromatic N) is 3. The average Bonchev–Trinajstić information content (AvgIpc) is 3.48. The standard InChI is InChI=1S/C27H31N5O7S/c1-16-7-8-20(25(33)37-6)11-22(16)40(35,36)31-24-23-17(2)9-18(10-21(23)39-30-24)14-32-15-19(13-29-32)12-28-26(34)38-27(3,4)5/h7-11,13,15H,12,14H2,1-6H3,(H,28,34)(H,30,31). The molecule has 0 aliphatic rings. The van der Waals surface area contributed by atoms with E-state index < -0.39 is 27.7 Å². The second kappa shape index (κ2) is 11.0. The van der Waals surface area contributed by atoms with E-state index in [1.165, 1.54) is 25.3 Å². The number of methoxy groups -OCH3 is 1. The smallest absolute Gasteiger partial charge is 0.407 e. The Bertz CT molecular complexity index is 1680. The van der Waals surface area contributed by atoms with Gasteiger partial charge in [-0.05, 0) is 69.5 Å². The van der Waals surface area contributed by atoms with Crippen LogP contribution in [-0.4, -0.2) is 48.1 Å². The van der Waals surface area contributed by atoms with Crippen molar-refractivity contribution in [3.8, 4) is 0 Å². The molecule has 4 aromatic rings. The maximum Gasteiger partial charge on any atom is 0.407 e. The number of esters is 1. The number of ether oxygens (including phenoxy) is 2. The quantitative estimate of drug-likeness (QED) is 0.296. The predicted octanol–water partition coefficient (Wildman–Crippen LogP) is 4.30. The summed E-state index contributed by atoms with van der Waals surface area (Å²) in [5.41, 5.74) is 2.77. The summed E-state index contributed by atoms with van der Waals surface area (Å²) in [5, 5.41) is 11.5. The monoisotopic (exact) mass is 569 g/mol. The number of rotatable bonds is 8. The predicted molar refractivity (Wildman–Crippen MR) is 146 cm³/mol. The Morgan fingerprint density at radius 1 is 1.07 bits per heavy atom. The first-order valence-corrected chi connectivity index (χ1v) is 13.8. The van der Waals surface area contributed by atoms with Crippen LogP contribution in [0.5, 0.6) is 0 Å². The van der Waals surface area contributed by atoms with Gasteiger partial charge in [0.15, 0.2) is 11.4 Å². The molecule has 0 fully saturated rings. The van der Waals surface area contributed by atoms with Crippen LogP contribution in [0, 0.1) is 13.8 Å². The van der Waals surface area contributed by atoms with Gasteiger partial charge in [0.05, 0.1) is 35.7 Å². The summed E-state index contributed by atoms with van der Waals surface area (Å²) in [7, 11) is -2.87. The van der Waals surface area contributed by atoms with Crippen molar-refractivity contribution >= 4 is 38.9 Å². The SMILES string of the molecule is COC(=O)c1ccc(C)c(S(=O)(=O)Nc2noc3cc(Cn4cc(CNC(=O)OC(C)(C)C)cn4)cc(C)c23)c1. The van der Waals surface area contributed by atoms with E-state index in [-0.39, 0.29) is 22.8 Å². The van der Waals surface area contributed by atoms with Gasteiger partial charge in [0.1, 0.15) is 5.60 Å². The van der Waals surface area contributed by atoms with E-state index in [0.717, 1.165) is 16.7 Å². The van der Waals surface area contributed by atoms with Crippen LogP contribution in [0.1, 0.15) is 53.4 Å². The van der Waals surface area contributed by atoms with E-state index >= 15 is 0 Å².